The van der Waals surface area contributed by atoms with Gasteiger partial charge >= 0.3 is 0 Å². The molecular formula is C22H20N2. The Balaban J connectivity index is 1.81. The van der Waals surface area contributed by atoms with Crippen LogP contribution in [0.3, 0.4) is 0 Å². The summed E-state index contributed by atoms with van der Waals surface area (Å²) in [6, 6.07) is 32.0. The quantitative estimate of drug-likeness (QED) is 0.674. The average Bonchev–Trinajstić information content (AvgIpc) is 3.01. The SMILES string of the molecule is CN1C(c2ccccc2)=N[C@@H](c2ccccc2)[C@@H]1c1ccccc1. The molecule has 1 aliphatic rings. The molecule has 3 aromatic carbocycles. The van der Waals surface area contributed by atoms with Crippen LogP contribution in [0.1, 0.15) is 28.8 Å². The summed E-state index contributed by atoms with van der Waals surface area (Å²) < 4.78 is 0. The first-order valence-corrected chi connectivity index (χ1v) is 8.30. The molecule has 118 valence electrons. The summed E-state index contributed by atoms with van der Waals surface area (Å²) in [7, 11) is 2.15. The molecule has 0 N–H and O–H groups in total. The van der Waals surface area contributed by atoms with Crippen LogP contribution in [0.15, 0.2) is 96.0 Å². The van der Waals surface area contributed by atoms with Crippen molar-refractivity contribution in [2.24, 2.45) is 4.99 Å². The predicted octanol–water partition coefficient (Wildman–Crippen LogP) is 4.86. The van der Waals surface area contributed by atoms with Gasteiger partial charge in [0.2, 0.25) is 0 Å². The maximum absolute atomic E-state index is 5.11. The van der Waals surface area contributed by atoms with Crippen molar-refractivity contribution >= 4 is 5.84 Å². The van der Waals surface area contributed by atoms with Crippen molar-refractivity contribution in [3.05, 3.63) is 108 Å². The maximum Gasteiger partial charge on any atom is 0.131 e. The first-order chi connectivity index (χ1) is 11.8. The number of hydrogen-bond acceptors (Lipinski definition) is 2. The van der Waals surface area contributed by atoms with Crippen molar-refractivity contribution in [3.8, 4) is 0 Å². The number of likely N-dealkylation sites (N-methyl/N-ethyl adjacent to an activating group) is 1. The molecule has 1 heterocycles. The molecule has 0 amide bonds. The van der Waals surface area contributed by atoms with Gasteiger partial charge in [-0.1, -0.05) is 91.0 Å². The Morgan fingerprint density at radius 1 is 0.667 bits per heavy atom. The Labute approximate surface area is 143 Å². The van der Waals surface area contributed by atoms with Crippen LogP contribution in [0.4, 0.5) is 0 Å². The lowest BCUT2D eigenvalue weighted by molar-refractivity contribution is 0.364. The van der Waals surface area contributed by atoms with Gasteiger partial charge in [-0.2, -0.15) is 0 Å². The lowest BCUT2D eigenvalue weighted by Crippen LogP contribution is -2.28. The fourth-order valence-corrected chi connectivity index (χ4v) is 3.47. The van der Waals surface area contributed by atoms with Gasteiger partial charge in [0.05, 0.1) is 6.04 Å². The Morgan fingerprint density at radius 3 is 1.75 bits per heavy atom. The molecule has 3 aromatic rings. The third-order valence-electron chi connectivity index (χ3n) is 4.63. The summed E-state index contributed by atoms with van der Waals surface area (Å²) in [5.74, 6) is 1.05. The molecule has 0 bridgehead atoms. The highest BCUT2D eigenvalue weighted by Gasteiger charge is 2.36. The van der Waals surface area contributed by atoms with Crippen LogP contribution in [-0.4, -0.2) is 17.8 Å². The van der Waals surface area contributed by atoms with E-state index in [0.29, 0.717) is 0 Å². The number of benzene rings is 3. The summed E-state index contributed by atoms with van der Waals surface area (Å²) in [5, 5.41) is 0. The van der Waals surface area contributed by atoms with Crippen molar-refractivity contribution in [2.45, 2.75) is 12.1 Å². The standard InChI is InChI=1S/C22H20N2/c1-24-21(18-13-7-3-8-14-18)20(17-11-5-2-6-12-17)23-22(24)19-15-9-4-10-16-19/h2-16,20-21H,1H3/t20-,21-/m0/s1. The zero-order chi connectivity index (χ0) is 16.4. The molecule has 2 atom stereocenters. The molecular weight excluding hydrogens is 292 g/mol. The third-order valence-corrected chi connectivity index (χ3v) is 4.63. The Morgan fingerprint density at radius 2 is 1.17 bits per heavy atom. The van der Waals surface area contributed by atoms with Gasteiger partial charge in [0.25, 0.3) is 0 Å². The summed E-state index contributed by atoms with van der Waals surface area (Å²) in [6.07, 6.45) is 0. The minimum atomic E-state index is 0.105. The number of nitrogens with zero attached hydrogens (tertiary/aromatic N) is 2. The van der Waals surface area contributed by atoms with Crippen LogP contribution < -0.4 is 0 Å². The minimum Gasteiger partial charge on any atom is -0.350 e. The fraction of sp³-hybridized carbons (Fsp3) is 0.136. The van der Waals surface area contributed by atoms with E-state index in [0.717, 1.165) is 5.84 Å². The highest BCUT2D eigenvalue weighted by Crippen LogP contribution is 2.42. The van der Waals surface area contributed by atoms with Crippen molar-refractivity contribution in [1.82, 2.24) is 4.90 Å². The van der Waals surface area contributed by atoms with Gasteiger partial charge < -0.3 is 4.90 Å². The van der Waals surface area contributed by atoms with Crippen LogP contribution in [0.5, 0.6) is 0 Å². The van der Waals surface area contributed by atoms with E-state index in [-0.39, 0.29) is 12.1 Å². The van der Waals surface area contributed by atoms with E-state index < -0.39 is 0 Å². The average molecular weight is 312 g/mol. The minimum absolute atomic E-state index is 0.105. The first-order valence-electron chi connectivity index (χ1n) is 8.30. The smallest absolute Gasteiger partial charge is 0.131 e. The molecule has 4 rings (SSSR count). The van der Waals surface area contributed by atoms with E-state index in [2.05, 4.69) is 96.9 Å². The molecule has 0 saturated carbocycles. The van der Waals surface area contributed by atoms with Gasteiger partial charge in [-0.3, -0.25) is 4.99 Å². The molecule has 2 nitrogen and oxygen atoms in total. The van der Waals surface area contributed by atoms with E-state index in [1.54, 1.807) is 0 Å². The van der Waals surface area contributed by atoms with E-state index in [1.165, 1.54) is 16.7 Å². The zero-order valence-electron chi connectivity index (χ0n) is 13.7. The molecule has 0 aromatic heterocycles. The Hall–Kier alpha value is -2.87. The van der Waals surface area contributed by atoms with E-state index in [9.17, 15) is 0 Å². The maximum atomic E-state index is 5.11. The lowest BCUT2D eigenvalue weighted by atomic mass is 9.94. The highest BCUT2D eigenvalue weighted by atomic mass is 15.3. The van der Waals surface area contributed by atoms with Crippen molar-refractivity contribution < 1.29 is 0 Å². The van der Waals surface area contributed by atoms with E-state index in [1.807, 2.05) is 6.07 Å². The van der Waals surface area contributed by atoms with Crippen LogP contribution in [0.25, 0.3) is 0 Å². The third kappa shape index (κ3) is 2.61. The molecule has 1 aliphatic heterocycles. The molecule has 0 fully saturated rings. The summed E-state index contributed by atoms with van der Waals surface area (Å²) in [6.45, 7) is 0. The summed E-state index contributed by atoms with van der Waals surface area (Å²) in [4.78, 5) is 7.42. The van der Waals surface area contributed by atoms with Crippen molar-refractivity contribution in [2.75, 3.05) is 7.05 Å². The predicted molar refractivity (Wildman–Crippen MR) is 99.1 cm³/mol. The zero-order valence-corrected chi connectivity index (χ0v) is 13.7. The van der Waals surface area contributed by atoms with Gasteiger partial charge in [-0.25, -0.2) is 0 Å². The molecule has 24 heavy (non-hydrogen) atoms. The van der Waals surface area contributed by atoms with Crippen LogP contribution >= 0.6 is 0 Å². The molecule has 0 spiro atoms. The second-order valence-electron chi connectivity index (χ2n) is 6.14. The summed E-state index contributed by atoms with van der Waals surface area (Å²) >= 11 is 0. The van der Waals surface area contributed by atoms with Crippen molar-refractivity contribution in [1.29, 1.82) is 0 Å². The monoisotopic (exact) mass is 312 g/mol. The molecule has 0 unspecified atom stereocenters. The second-order valence-corrected chi connectivity index (χ2v) is 6.14. The van der Waals surface area contributed by atoms with Crippen LogP contribution in [0.2, 0.25) is 0 Å². The van der Waals surface area contributed by atoms with Gasteiger partial charge in [0.15, 0.2) is 0 Å². The Bertz CT molecular complexity index is 826. The molecule has 0 saturated heterocycles. The summed E-state index contributed by atoms with van der Waals surface area (Å²) in [5.41, 5.74) is 3.71. The van der Waals surface area contributed by atoms with E-state index in [4.69, 9.17) is 4.99 Å². The fourth-order valence-electron chi connectivity index (χ4n) is 3.47. The second kappa shape index (κ2) is 6.32. The highest BCUT2D eigenvalue weighted by molar-refractivity contribution is 6.00. The van der Waals surface area contributed by atoms with Crippen LogP contribution in [-0.2, 0) is 0 Å². The molecule has 0 aliphatic carbocycles. The number of rotatable bonds is 3. The Kier molecular flexibility index (Phi) is 3.87. The van der Waals surface area contributed by atoms with E-state index >= 15 is 0 Å². The number of aliphatic imine (C=N–C) groups is 1. The van der Waals surface area contributed by atoms with Gasteiger partial charge in [-0.15, -0.1) is 0 Å². The normalized spacial score (nSPS) is 20.0. The lowest BCUT2D eigenvalue weighted by Gasteiger charge is -2.27. The van der Waals surface area contributed by atoms with Gasteiger partial charge in [-0.05, 0) is 11.1 Å². The first kappa shape index (κ1) is 14.7. The molecule has 2 heteroatoms. The largest absolute Gasteiger partial charge is 0.350 e. The van der Waals surface area contributed by atoms with Crippen LogP contribution in [0, 0.1) is 0 Å². The number of hydrogen-bond donors (Lipinski definition) is 0. The number of amidine groups is 1. The van der Waals surface area contributed by atoms with Gasteiger partial charge in [0.1, 0.15) is 11.9 Å². The van der Waals surface area contributed by atoms with Gasteiger partial charge in [0, 0.05) is 12.6 Å². The van der Waals surface area contributed by atoms with Crippen molar-refractivity contribution in [3.63, 3.8) is 0 Å². The topological polar surface area (TPSA) is 15.6 Å². The molecule has 0 radical (unpaired) electrons.